The van der Waals surface area contributed by atoms with Gasteiger partial charge in [-0.2, -0.15) is 0 Å². The summed E-state index contributed by atoms with van der Waals surface area (Å²) in [7, 11) is 1.62. The molecule has 1 fully saturated rings. The Morgan fingerprint density at radius 1 is 1.14 bits per heavy atom. The van der Waals surface area contributed by atoms with Crippen molar-refractivity contribution in [3.8, 4) is 5.75 Å². The van der Waals surface area contributed by atoms with Gasteiger partial charge in [-0.05, 0) is 24.3 Å². The van der Waals surface area contributed by atoms with Gasteiger partial charge in [0.2, 0.25) is 5.91 Å². The number of amides is 2. The first-order chi connectivity index (χ1) is 14.1. The van der Waals surface area contributed by atoms with E-state index in [9.17, 15) is 9.59 Å². The van der Waals surface area contributed by atoms with Crippen LogP contribution in [-0.2, 0) is 11.3 Å². The first-order valence-electron chi connectivity index (χ1n) is 9.73. The maximum Gasteiger partial charge on any atom is 0.254 e. The van der Waals surface area contributed by atoms with Gasteiger partial charge in [0.05, 0.1) is 7.11 Å². The van der Waals surface area contributed by atoms with Gasteiger partial charge in [0.15, 0.2) is 0 Å². The first-order valence-corrected chi connectivity index (χ1v) is 10.5. The van der Waals surface area contributed by atoms with Gasteiger partial charge in [-0.25, -0.2) is 0 Å². The van der Waals surface area contributed by atoms with Crippen LogP contribution in [-0.4, -0.2) is 61.4 Å². The number of nitrogens with zero attached hydrogens (tertiary/aromatic N) is 2. The Kier molecular flexibility index (Phi) is 7.66. The average Bonchev–Trinajstić information content (AvgIpc) is 2.76. The second-order valence-corrected chi connectivity index (χ2v) is 7.85. The molecule has 0 radical (unpaired) electrons. The van der Waals surface area contributed by atoms with E-state index in [1.165, 1.54) is 0 Å². The number of hydrogen-bond donors (Lipinski definition) is 1. The fourth-order valence-corrected chi connectivity index (χ4v) is 3.80. The van der Waals surface area contributed by atoms with E-state index in [2.05, 4.69) is 21.2 Å². The third-order valence-electron chi connectivity index (χ3n) is 4.98. The summed E-state index contributed by atoms with van der Waals surface area (Å²) in [6, 6.07) is 15.0. The van der Waals surface area contributed by atoms with Crippen LogP contribution in [0.1, 0.15) is 22.3 Å². The standard InChI is InChI=1S/C22H26BrN3O3/c1-29-20-8-3-2-5-18(20)16-26(22(28)17-6-4-7-19(23)15-17)12-9-21(27)25-13-10-24-11-14-25/h2-8,15,24H,9-14,16H2,1H3. The van der Waals surface area contributed by atoms with Crippen molar-refractivity contribution in [3.05, 3.63) is 64.1 Å². The summed E-state index contributed by atoms with van der Waals surface area (Å²) < 4.78 is 6.29. The molecule has 2 amide bonds. The third-order valence-corrected chi connectivity index (χ3v) is 5.47. The summed E-state index contributed by atoms with van der Waals surface area (Å²) >= 11 is 3.43. The maximum absolute atomic E-state index is 13.2. The molecule has 6 nitrogen and oxygen atoms in total. The zero-order valence-corrected chi connectivity index (χ0v) is 18.2. The number of carbonyl (C=O) groups excluding carboxylic acids is 2. The highest BCUT2D eigenvalue weighted by atomic mass is 79.9. The monoisotopic (exact) mass is 459 g/mol. The summed E-state index contributed by atoms with van der Waals surface area (Å²) in [6.07, 6.45) is 0.300. The van der Waals surface area contributed by atoms with Crippen molar-refractivity contribution in [1.82, 2.24) is 15.1 Å². The Morgan fingerprint density at radius 3 is 2.62 bits per heavy atom. The van der Waals surface area contributed by atoms with Gasteiger partial charge < -0.3 is 19.9 Å². The SMILES string of the molecule is COc1ccccc1CN(CCC(=O)N1CCNCC1)C(=O)c1cccc(Br)c1. The van der Waals surface area contributed by atoms with Crippen LogP contribution >= 0.6 is 15.9 Å². The minimum atomic E-state index is -0.106. The highest BCUT2D eigenvalue weighted by molar-refractivity contribution is 9.10. The molecule has 7 heteroatoms. The van der Waals surface area contributed by atoms with Crippen molar-refractivity contribution in [3.63, 3.8) is 0 Å². The van der Waals surface area contributed by atoms with E-state index in [0.717, 1.165) is 28.9 Å². The highest BCUT2D eigenvalue weighted by Gasteiger charge is 2.22. The normalized spacial score (nSPS) is 13.8. The van der Waals surface area contributed by atoms with Crippen LogP contribution in [0.3, 0.4) is 0 Å². The lowest BCUT2D eigenvalue weighted by molar-refractivity contribution is -0.132. The van der Waals surface area contributed by atoms with E-state index in [1.54, 1.807) is 24.1 Å². The fraction of sp³-hybridized carbons (Fsp3) is 0.364. The van der Waals surface area contributed by atoms with Gasteiger partial charge in [-0.1, -0.05) is 40.2 Å². The zero-order valence-electron chi connectivity index (χ0n) is 16.6. The second-order valence-electron chi connectivity index (χ2n) is 6.93. The number of piperazine rings is 1. The number of hydrogen-bond acceptors (Lipinski definition) is 4. The summed E-state index contributed by atoms with van der Waals surface area (Å²) in [4.78, 5) is 29.4. The molecule has 0 aromatic heterocycles. The largest absolute Gasteiger partial charge is 0.496 e. The molecular formula is C22H26BrN3O3. The quantitative estimate of drug-likeness (QED) is 0.691. The lowest BCUT2D eigenvalue weighted by Gasteiger charge is -2.29. The molecule has 0 unspecified atom stereocenters. The molecule has 2 aromatic rings. The molecule has 0 bridgehead atoms. The van der Waals surface area contributed by atoms with E-state index < -0.39 is 0 Å². The van der Waals surface area contributed by atoms with Crippen LogP contribution < -0.4 is 10.1 Å². The van der Waals surface area contributed by atoms with E-state index in [1.807, 2.05) is 41.3 Å². The van der Waals surface area contributed by atoms with Crippen LogP contribution in [0.5, 0.6) is 5.75 Å². The Balaban J connectivity index is 1.76. The lowest BCUT2D eigenvalue weighted by Crippen LogP contribution is -2.47. The summed E-state index contributed by atoms with van der Waals surface area (Å²) in [6.45, 7) is 3.79. The second kappa shape index (κ2) is 10.4. The number of ether oxygens (including phenoxy) is 1. The Labute approximate surface area is 180 Å². The molecule has 29 heavy (non-hydrogen) atoms. The summed E-state index contributed by atoms with van der Waals surface area (Å²) in [5.41, 5.74) is 1.50. The molecule has 3 rings (SSSR count). The molecule has 0 aliphatic carbocycles. The van der Waals surface area contributed by atoms with Crippen molar-refractivity contribution in [2.24, 2.45) is 0 Å². The molecule has 0 spiro atoms. The van der Waals surface area contributed by atoms with Crippen LogP contribution in [0.25, 0.3) is 0 Å². The minimum Gasteiger partial charge on any atom is -0.496 e. The molecule has 1 N–H and O–H groups in total. The van der Waals surface area contributed by atoms with Gasteiger partial charge in [0.1, 0.15) is 5.75 Å². The van der Waals surface area contributed by atoms with Crippen LogP contribution in [0.2, 0.25) is 0 Å². The number of para-hydroxylation sites is 1. The van der Waals surface area contributed by atoms with Crippen LogP contribution in [0, 0.1) is 0 Å². The van der Waals surface area contributed by atoms with Crippen molar-refractivity contribution < 1.29 is 14.3 Å². The van der Waals surface area contributed by atoms with Gasteiger partial charge in [-0.15, -0.1) is 0 Å². The molecule has 2 aromatic carbocycles. The van der Waals surface area contributed by atoms with Gasteiger partial charge >= 0.3 is 0 Å². The van der Waals surface area contributed by atoms with E-state index in [4.69, 9.17) is 4.74 Å². The van der Waals surface area contributed by atoms with Crippen molar-refractivity contribution in [2.75, 3.05) is 39.8 Å². The molecule has 154 valence electrons. The van der Waals surface area contributed by atoms with Crippen LogP contribution in [0.15, 0.2) is 53.0 Å². The number of carbonyl (C=O) groups is 2. The molecule has 1 saturated heterocycles. The molecule has 1 aliphatic heterocycles. The number of benzene rings is 2. The highest BCUT2D eigenvalue weighted by Crippen LogP contribution is 2.21. The third kappa shape index (κ3) is 5.81. The predicted octanol–water partition coefficient (Wildman–Crippen LogP) is 2.92. The molecule has 0 saturated carbocycles. The van der Waals surface area contributed by atoms with E-state index in [0.29, 0.717) is 38.2 Å². The summed E-state index contributed by atoms with van der Waals surface area (Å²) in [5.74, 6) is 0.705. The lowest BCUT2D eigenvalue weighted by atomic mass is 10.1. The zero-order chi connectivity index (χ0) is 20.6. The number of methoxy groups -OCH3 is 1. The van der Waals surface area contributed by atoms with Crippen molar-refractivity contribution in [1.29, 1.82) is 0 Å². The van der Waals surface area contributed by atoms with E-state index >= 15 is 0 Å². The summed E-state index contributed by atoms with van der Waals surface area (Å²) in [5, 5.41) is 3.25. The van der Waals surface area contributed by atoms with Crippen molar-refractivity contribution >= 4 is 27.7 Å². The molecule has 1 aliphatic rings. The first kappa shape index (κ1) is 21.3. The van der Waals surface area contributed by atoms with Crippen molar-refractivity contribution in [2.45, 2.75) is 13.0 Å². The van der Waals surface area contributed by atoms with Crippen LogP contribution in [0.4, 0.5) is 0 Å². The predicted molar refractivity (Wildman–Crippen MR) is 116 cm³/mol. The number of nitrogens with one attached hydrogen (secondary N) is 1. The Hall–Kier alpha value is -2.38. The molecule has 1 heterocycles. The molecular weight excluding hydrogens is 434 g/mol. The maximum atomic E-state index is 13.2. The van der Waals surface area contributed by atoms with Gasteiger partial charge in [0, 0.05) is 61.3 Å². The number of halogens is 1. The van der Waals surface area contributed by atoms with E-state index in [-0.39, 0.29) is 11.8 Å². The minimum absolute atomic E-state index is 0.0820. The average molecular weight is 460 g/mol. The number of rotatable bonds is 7. The Morgan fingerprint density at radius 2 is 1.90 bits per heavy atom. The fourth-order valence-electron chi connectivity index (χ4n) is 3.40. The molecule has 0 atom stereocenters. The van der Waals surface area contributed by atoms with Gasteiger partial charge in [0.25, 0.3) is 5.91 Å². The topological polar surface area (TPSA) is 61.9 Å². The Bertz CT molecular complexity index is 853. The smallest absolute Gasteiger partial charge is 0.254 e. The van der Waals surface area contributed by atoms with Gasteiger partial charge in [-0.3, -0.25) is 9.59 Å².